The second-order valence-electron chi connectivity index (χ2n) is 4.10. The van der Waals surface area contributed by atoms with E-state index in [2.05, 4.69) is 15.9 Å². The number of carbonyl (C=O) groups is 2. The summed E-state index contributed by atoms with van der Waals surface area (Å²) in [5, 5.41) is 8.94. The first-order valence-corrected chi connectivity index (χ1v) is 6.16. The molecule has 1 amide bonds. The minimum Gasteiger partial charge on any atom is -0.478 e. The Balaban J connectivity index is 2.18. The van der Waals surface area contributed by atoms with E-state index in [9.17, 15) is 9.59 Å². The summed E-state index contributed by atoms with van der Waals surface area (Å²) in [4.78, 5) is 24.6. The third-order valence-electron chi connectivity index (χ3n) is 2.86. The maximum atomic E-state index is 12.1. The average molecular weight is 314 g/mol. The smallest absolute Gasteiger partial charge is 0.335 e. The molecule has 0 spiro atoms. The van der Waals surface area contributed by atoms with Gasteiger partial charge in [-0.2, -0.15) is 0 Å². The highest BCUT2D eigenvalue weighted by atomic mass is 79.9. The number of rotatable bonds is 3. The number of carboxylic acid groups (broad SMARTS) is 1. The zero-order valence-corrected chi connectivity index (χ0v) is 11.3. The van der Waals surface area contributed by atoms with E-state index in [4.69, 9.17) is 9.84 Å². The van der Waals surface area contributed by atoms with Crippen LogP contribution in [0.3, 0.4) is 0 Å². The van der Waals surface area contributed by atoms with Gasteiger partial charge in [-0.25, -0.2) is 4.79 Å². The van der Waals surface area contributed by atoms with Crippen LogP contribution < -0.4 is 0 Å². The third-order valence-corrected chi connectivity index (χ3v) is 3.32. The van der Waals surface area contributed by atoms with Gasteiger partial charge in [-0.15, -0.1) is 0 Å². The number of likely N-dealkylation sites (tertiary alicyclic amines) is 1. The molecule has 0 aliphatic carbocycles. The Bertz CT molecular complexity index is 497. The Hall–Kier alpha value is -1.40. The van der Waals surface area contributed by atoms with Crippen LogP contribution >= 0.6 is 15.9 Å². The molecule has 1 fully saturated rings. The van der Waals surface area contributed by atoms with Gasteiger partial charge in [-0.1, -0.05) is 15.9 Å². The highest BCUT2D eigenvalue weighted by molar-refractivity contribution is 9.10. The molecule has 0 bridgehead atoms. The maximum absolute atomic E-state index is 12.1. The minimum absolute atomic E-state index is 0.0834. The van der Waals surface area contributed by atoms with E-state index in [0.717, 1.165) is 0 Å². The van der Waals surface area contributed by atoms with Gasteiger partial charge >= 0.3 is 5.97 Å². The Morgan fingerprint density at radius 3 is 2.50 bits per heavy atom. The molecular formula is C12H12BrNO4. The van der Waals surface area contributed by atoms with Crippen molar-refractivity contribution in [3.8, 4) is 0 Å². The van der Waals surface area contributed by atoms with E-state index in [0.29, 0.717) is 23.1 Å². The molecule has 1 aromatic carbocycles. The first-order chi connectivity index (χ1) is 8.51. The molecule has 1 aromatic rings. The van der Waals surface area contributed by atoms with Crippen molar-refractivity contribution < 1.29 is 19.4 Å². The highest BCUT2D eigenvalue weighted by Gasteiger charge is 2.31. The van der Waals surface area contributed by atoms with Crippen LogP contribution in [0.1, 0.15) is 20.7 Å². The highest BCUT2D eigenvalue weighted by Crippen LogP contribution is 2.20. The maximum Gasteiger partial charge on any atom is 0.335 e. The molecule has 0 radical (unpaired) electrons. The fourth-order valence-corrected chi connectivity index (χ4v) is 2.27. The van der Waals surface area contributed by atoms with Crippen molar-refractivity contribution in [2.45, 2.75) is 6.10 Å². The minimum atomic E-state index is -1.05. The summed E-state index contributed by atoms with van der Waals surface area (Å²) in [7, 11) is 1.61. The van der Waals surface area contributed by atoms with Crippen molar-refractivity contribution in [2.75, 3.05) is 20.2 Å². The monoisotopic (exact) mass is 313 g/mol. The van der Waals surface area contributed by atoms with Gasteiger partial charge in [-0.05, 0) is 18.2 Å². The summed E-state index contributed by atoms with van der Waals surface area (Å²) in [5.41, 5.74) is 0.466. The van der Waals surface area contributed by atoms with E-state index >= 15 is 0 Å². The van der Waals surface area contributed by atoms with Crippen LogP contribution in [0.4, 0.5) is 0 Å². The standard InChI is InChI=1S/C12H12BrNO4/c1-18-10-5-14(6-10)11(15)7-2-8(12(16)17)4-9(13)3-7/h2-4,10H,5-6H2,1H3,(H,16,17). The number of amides is 1. The molecule has 2 rings (SSSR count). The second-order valence-corrected chi connectivity index (χ2v) is 5.02. The topological polar surface area (TPSA) is 66.8 Å². The lowest BCUT2D eigenvalue weighted by atomic mass is 10.1. The molecule has 0 unspecified atom stereocenters. The average Bonchev–Trinajstić information content (AvgIpc) is 2.26. The fraction of sp³-hybridized carbons (Fsp3) is 0.333. The van der Waals surface area contributed by atoms with Crippen LogP contribution in [0.25, 0.3) is 0 Å². The number of ether oxygens (including phenoxy) is 1. The van der Waals surface area contributed by atoms with Crippen molar-refractivity contribution in [1.29, 1.82) is 0 Å². The van der Waals surface area contributed by atoms with Crippen molar-refractivity contribution in [3.63, 3.8) is 0 Å². The van der Waals surface area contributed by atoms with Crippen molar-refractivity contribution >= 4 is 27.8 Å². The molecule has 1 saturated heterocycles. The quantitative estimate of drug-likeness (QED) is 0.920. The van der Waals surface area contributed by atoms with Gasteiger partial charge in [0.2, 0.25) is 0 Å². The molecule has 18 heavy (non-hydrogen) atoms. The van der Waals surface area contributed by atoms with Gasteiger partial charge in [0.25, 0.3) is 5.91 Å². The zero-order valence-electron chi connectivity index (χ0n) is 9.72. The van der Waals surface area contributed by atoms with Crippen LogP contribution in [0, 0.1) is 0 Å². The van der Waals surface area contributed by atoms with E-state index in [1.54, 1.807) is 18.1 Å². The van der Waals surface area contributed by atoms with E-state index < -0.39 is 5.97 Å². The number of hydrogen-bond acceptors (Lipinski definition) is 3. The predicted molar refractivity (Wildman–Crippen MR) is 67.8 cm³/mol. The summed E-state index contributed by atoms with van der Waals surface area (Å²) in [6, 6.07) is 4.47. The van der Waals surface area contributed by atoms with E-state index in [-0.39, 0.29) is 17.6 Å². The number of halogens is 1. The largest absolute Gasteiger partial charge is 0.478 e. The number of carbonyl (C=O) groups excluding carboxylic acids is 1. The lowest BCUT2D eigenvalue weighted by Crippen LogP contribution is -2.54. The summed E-state index contributed by atoms with van der Waals surface area (Å²) >= 11 is 3.21. The predicted octanol–water partition coefficient (Wildman–Crippen LogP) is 1.62. The Morgan fingerprint density at radius 2 is 1.94 bits per heavy atom. The molecule has 0 atom stereocenters. The molecule has 5 nitrogen and oxygen atoms in total. The van der Waals surface area contributed by atoms with Gasteiger partial charge in [0.05, 0.1) is 11.7 Å². The van der Waals surface area contributed by atoms with Gasteiger partial charge in [0, 0.05) is 30.2 Å². The lowest BCUT2D eigenvalue weighted by molar-refractivity contribution is -0.0192. The van der Waals surface area contributed by atoms with Crippen LogP contribution in [-0.2, 0) is 4.74 Å². The van der Waals surface area contributed by atoms with E-state index in [1.165, 1.54) is 12.1 Å². The molecule has 96 valence electrons. The van der Waals surface area contributed by atoms with Crippen molar-refractivity contribution in [3.05, 3.63) is 33.8 Å². The normalized spacial score (nSPS) is 15.3. The van der Waals surface area contributed by atoms with Crippen LogP contribution in [0.5, 0.6) is 0 Å². The molecule has 1 aliphatic rings. The fourth-order valence-electron chi connectivity index (χ4n) is 1.77. The molecule has 1 aliphatic heterocycles. The zero-order chi connectivity index (χ0) is 13.3. The van der Waals surface area contributed by atoms with E-state index in [1.807, 2.05) is 0 Å². The first kappa shape index (κ1) is 13.0. The SMILES string of the molecule is COC1CN(C(=O)c2cc(Br)cc(C(=O)O)c2)C1. The van der Waals surface area contributed by atoms with Crippen molar-refractivity contribution in [1.82, 2.24) is 4.90 Å². The number of benzene rings is 1. The summed E-state index contributed by atoms with van der Waals surface area (Å²) in [5.74, 6) is -1.23. The van der Waals surface area contributed by atoms with Crippen LogP contribution in [-0.4, -0.2) is 48.2 Å². The van der Waals surface area contributed by atoms with Crippen LogP contribution in [0.2, 0.25) is 0 Å². The molecule has 0 aromatic heterocycles. The van der Waals surface area contributed by atoms with Crippen molar-refractivity contribution in [2.24, 2.45) is 0 Å². The molecule has 1 heterocycles. The third kappa shape index (κ3) is 2.54. The van der Waals surface area contributed by atoms with Gasteiger partial charge in [0.1, 0.15) is 0 Å². The van der Waals surface area contributed by atoms with Gasteiger partial charge in [0.15, 0.2) is 0 Å². The molecule has 6 heteroatoms. The molecule has 0 saturated carbocycles. The number of hydrogen-bond donors (Lipinski definition) is 1. The molecular weight excluding hydrogens is 302 g/mol. The number of carboxylic acids is 1. The Kier molecular flexibility index (Phi) is 3.68. The Morgan fingerprint density at radius 1 is 1.33 bits per heavy atom. The number of methoxy groups -OCH3 is 1. The first-order valence-electron chi connectivity index (χ1n) is 5.37. The lowest BCUT2D eigenvalue weighted by Gasteiger charge is -2.38. The van der Waals surface area contributed by atoms with Gasteiger partial charge < -0.3 is 14.7 Å². The number of aromatic carboxylic acids is 1. The summed E-state index contributed by atoms with van der Waals surface area (Å²) < 4.78 is 5.67. The number of nitrogens with zero attached hydrogens (tertiary/aromatic N) is 1. The summed E-state index contributed by atoms with van der Waals surface area (Å²) in [6.07, 6.45) is 0.0834. The molecule has 1 N–H and O–H groups in total. The van der Waals surface area contributed by atoms with Crippen LogP contribution in [0.15, 0.2) is 22.7 Å². The Labute approximate surface area is 112 Å². The second kappa shape index (κ2) is 5.07. The van der Waals surface area contributed by atoms with Gasteiger partial charge in [-0.3, -0.25) is 4.79 Å². The summed E-state index contributed by atoms with van der Waals surface area (Å²) in [6.45, 7) is 1.09.